The van der Waals surface area contributed by atoms with Gasteiger partial charge in [-0.15, -0.1) is 11.8 Å². The maximum Gasteiger partial charge on any atom is 0.242 e. The number of anilines is 1. The molecule has 0 aliphatic rings. The number of hydrogen-bond donors (Lipinski definition) is 2. The van der Waals surface area contributed by atoms with E-state index in [1.54, 1.807) is 17.8 Å². The summed E-state index contributed by atoms with van der Waals surface area (Å²) < 4.78 is 4.63. The van der Waals surface area contributed by atoms with E-state index >= 15 is 0 Å². The van der Waals surface area contributed by atoms with Gasteiger partial charge >= 0.3 is 0 Å². The topological polar surface area (TPSA) is 75.4 Å². The van der Waals surface area contributed by atoms with Crippen LogP contribution >= 0.6 is 11.8 Å². The predicted octanol–water partition coefficient (Wildman–Crippen LogP) is 3.58. The standard InChI is InChI=1S/C16H28N2O3S/c1-7-11(8-2)22-16(5,6)14(20)17-13-9-12(18-21-13)15(3,4)10-19/h9,11,19H,7-8,10H2,1-6H3,(H,17,20). The third-order valence-electron chi connectivity index (χ3n) is 3.75. The van der Waals surface area contributed by atoms with Crippen molar-refractivity contribution in [2.24, 2.45) is 0 Å². The van der Waals surface area contributed by atoms with Crippen molar-refractivity contribution >= 4 is 23.6 Å². The van der Waals surface area contributed by atoms with Crippen LogP contribution in [0, 0.1) is 0 Å². The number of nitrogens with one attached hydrogen (secondary N) is 1. The summed E-state index contributed by atoms with van der Waals surface area (Å²) in [7, 11) is 0. The lowest BCUT2D eigenvalue weighted by Gasteiger charge is -2.26. The average molecular weight is 328 g/mol. The molecule has 0 aliphatic heterocycles. The predicted molar refractivity (Wildman–Crippen MR) is 91.3 cm³/mol. The van der Waals surface area contributed by atoms with Crippen LogP contribution in [-0.2, 0) is 10.2 Å². The number of thioether (sulfide) groups is 1. The molecule has 0 spiro atoms. The zero-order chi connectivity index (χ0) is 17.0. The van der Waals surface area contributed by atoms with Gasteiger partial charge in [0.1, 0.15) is 0 Å². The number of aromatic nitrogens is 1. The monoisotopic (exact) mass is 328 g/mol. The number of nitrogens with zero attached hydrogens (tertiary/aromatic N) is 1. The molecule has 126 valence electrons. The van der Waals surface area contributed by atoms with Crippen molar-refractivity contribution in [1.82, 2.24) is 5.16 Å². The summed E-state index contributed by atoms with van der Waals surface area (Å²) in [5.41, 5.74) is 0.127. The van der Waals surface area contributed by atoms with Crippen LogP contribution in [0.1, 0.15) is 60.1 Å². The van der Waals surface area contributed by atoms with Gasteiger partial charge in [0.2, 0.25) is 11.8 Å². The van der Waals surface area contributed by atoms with Gasteiger partial charge in [-0.25, -0.2) is 0 Å². The molecular formula is C16H28N2O3S. The number of hydrogen-bond acceptors (Lipinski definition) is 5. The van der Waals surface area contributed by atoms with Crippen LogP contribution < -0.4 is 5.32 Å². The van der Waals surface area contributed by atoms with Crippen molar-refractivity contribution in [3.63, 3.8) is 0 Å². The summed E-state index contributed by atoms with van der Waals surface area (Å²) in [4.78, 5) is 12.5. The van der Waals surface area contributed by atoms with Gasteiger partial charge < -0.3 is 9.63 Å². The van der Waals surface area contributed by atoms with Crippen molar-refractivity contribution in [1.29, 1.82) is 0 Å². The zero-order valence-corrected chi connectivity index (χ0v) is 15.2. The molecule has 0 bridgehead atoms. The second-order valence-corrected chi connectivity index (χ2v) is 8.56. The summed E-state index contributed by atoms with van der Waals surface area (Å²) in [6.07, 6.45) is 2.07. The average Bonchev–Trinajstić information content (AvgIpc) is 2.94. The van der Waals surface area contributed by atoms with Crippen molar-refractivity contribution in [3.05, 3.63) is 11.8 Å². The Morgan fingerprint density at radius 1 is 1.36 bits per heavy atom. The summed E-state index contributed by atoms with van der Waals surface area (Å²) in [6.45, 7) is 11.8. The highest BCUT2D eigenvalue weighted by Gasteiger charge is 2.32. The molecule has 22 heavy (non-hydrogen) atoms. The molecule has 1 aromatic rings. The van der Waals surface area contributed by atoms with Gasteiger partial charge in [-0.2, -0.15) is 0 Å². The van der Waals surface area contributed by atoms with Crippen molar-refractivity contribution in [2.45, 2.75) is 69.8 Å². The molecule has 0 fully saturated rings. The molecule has 0 aliphatic carbocycles. The number of carbonyl (C=O) groups excluding carboxylic acids is 1. The highest BCUT2D eigenvalue weighted by atomic mass is 32.2. The lowest BCUT2D eigenvalue weighted by molar-refractivity contribution is -0.117. The van der Waals surface area contributed by atoms with E-state index < -0.39 is 10.2 Å². The number of aliphatic hydroxyl groups is 1. The molecule has 1 rings (SSSR count). The Hall–Kier alpha value is -1.01. The Balaban J connectivity index is 2.76. The van der Waals surface area contributed by atoms with Gasteiger partial charge in [0.15, 0.2) is 0 Å². The summed E-state index contributed by atoms with van der Waals surface area (Å²) in [6, 6.07) is 1.67. The molecule has 0 unspecified atom stereocenters. The highest BCUT2D eigenvalue weighted by molar-refractivity contribution is 8.02. The Morgan fingerprint density at radius 2 is 1.95 bits per heavy atom. The van der Waals surface area contributed by atoms with E-state index in [4.69, 9.17) is 4.52 Å². The molecule has 0 saturated carbocycles. The van der Waals surface area contributed by atoms with Crippen LogP contribution in [0.15, 0.2) is 10.6 Å². The Morgan fingerprint density at radius 3 is 2.45 bits per heavy atom. The number of carbonyl (C=O) groups is 1. The van der Waals surface area contributed by atoms with E-state index in [9.17, 15) is 9.90 Å². The van der Waals surface area contributed by atoms with E-state index in [0.717, 1.165) is 12.8 Å². The third-order valence-corrected chi connectivity index (χ3v) is 5.53. The molecule has 1 heterocycles. The van der Waals surface area contributed by atoms with Crippen LogP contribution in [0.5, 0.6) is 0 Å². The van der Waals surface area contributed by atoms with Crippen LogP contribution in [0.4, 0.5) is 5.88 Å². The molecule has 6 heteroatoms. The van der Waals surface area contributed by atoms with E-state index in [-0.39, 0.29) is 12.5 Å². The van der Waals surface area contributed by atoms with Crippen molar-refractivity contribution in [3.8, 4) is 0 Å². The van der Waals surface area contributed by atoms with Crippen LogP contribution in [0.25, 0.3) is 0 Å². The maximum atomic E-state index is 12.5. The van der Waals surface area contributed by atoms with Gasteiger partial charge in [0.25, 0.3) is 0 Å². The lowest BCUT2D eigenvalue weighted by atomic mass is 9.91. The quantitative estimate of drug-likeness (QED) is 0.763. The van der Waals surface area contributed by atoms with Gasteiger partial charge in [0, 0.05) is 16.7 Å². The Kier molecular flexibility index (Phi) is 6.50. The minimum absolute atomic E-state index is 0.0387. The fourth-order valence-corrected chi connectivity index (χ4v) is 3.25. The van der Waals surface area contributed by atoms with E-state index in [1.807, 2.05) is 27.7 Å². The molecule has 1 aromatic heterocycles. The van der Waals surface area contributed by atoms with E-state index in [0.29, 0.717) is 16.8 Å². The first-order valence-electron chi connectivity index (χ1n) is 7.73. The number of amides is 1. The minimum Gasteiger partial charge on any atom is -0.395 e. The normalized spacial score (nSPS) is 12.7. The maximum absolute atomic E-state index is 12.5. The fraction of sp³-hybridized carbons (Fsp3) is 0.750. The van der Waals surface area contributed by atoms with E-state index in [2.05, 4.69) is 24.3 Å². The Labute approximate surface area is 137 Å². The van der Waals surface area contributed by atoms with Gasteiger partial charge in [0.05, 0.1) is 17.0 Å². The third kappa shape index (κ3) is 4.74. The fourth-order valence-electron chi connectivity index (χ4n) is 1.92. The number of rotatable bonds is 8. The molecular weight excluding hydrogens is 300 g/mol. The SMILES string of the molecule is CCC(CC)SC(C)(C)C(=O)Nc1cc(C(C)(C)CO)no1. The molecule has 0 atom stereocenters. The molecule has 2 N–H and O–H groups in total. The summed E-state index contributed by atoms with van der Waals surface area (Å²) in [5, 5.41) is 16.5. The first-order chi connectivity index (χ1) is 10.2. The number of aliphatic hydroxyl groups excluding tert-OH is 1. The van der Waals surface area contributed by atoms with Crippen LogP contribution in [0.3, 0.4) is 0 Å². The van der Waals surface area contributed by atoms with Gasteiger partial charge in [-0.1, -0.05) is 32.9 Å². The first kappa shape index (κ1) is 19.0. The first-order valence-corrected chi connectivity index (χ1v) is 8.61. The van der Waals surface area contributed by atoms with Crippen LogP contribution in [0.2, 0.25) is 0 Å². The van der Waals surface area contributed by atoms with Crippen molar-refractivity contribution in [2.75, 3.05) is 11.9 Å². The smallest absolute Gasteiger partial charge is 0.242 e. The van der Waals surface area contributed by atoms with Gasteiger partial charge in [-0.3, -0.25) is 10.1 Å². The Bertz CT molecular complexity index is 493. The second-order valence-electron chi connectivity index (χ2n) is 6.64. The second kappa shape index (κ2) is 7.51. The molecule has 0 saturated heterocycles. The zero-order valence-electron chi connectivity index (χ0n) is 14.4. The highest BCUT2D eigenvalue weighted by Crippen LogP contribution is 2.33. The largest absolute Gasteiger partial charge is 0.395 e. The molecule has 0 radical (unpaired) electrons. The molecule has 0 aromatic carbocycles. The van der Waals surface area contributed by atoms with E-state index in [1.165, 1.54) is 0 Å². The summed E-state index contributed by atoms with van der Waals surface area (Å²) >= 11 is 1.68. The summed E-state index contributed by atoms with van der Waals surface area (Å²) in [5.74, 6) is 0.216. The minimum atomic E-state index is -0.545. The molecule has 1 amide bonds. The van der Waals surface area contributed by atoms with Crippen LogP contribution in [-0.4, -0.2) is 32.8 Å². The molecule has 5 nitrogen and oxygen atoms in total. The van der Waals surface area contributed by atoms with Gasteiger partial charge in [-0.05, 0) is 26.7 Å². The lowest BCUT2D eigenvalue weighted by Crippen LogP contribution is -2.35. The van der Waals surface area contributed by atoms with Crippen molar-refractivity contribution < 1.29 is 14.4 Å².